The summed E-state index contributed by atoms with van der Waals surface area (Å²) in [5, 5.41) is 13.0. The largest absolute Gasteiger partial charge is 0.379 e. The van der Waals surface area contributed by atoms with Crippen molar-refractivity contribution >= 4 is 0 Å². The summed E-state index contributed by atoms with van der Waals surface area (Å²) in [6.45, 7) is 8.17. The first-order valence-corrected chi connectivity index (χ1v) is 6.82. The van der Waals surface area contributed by atoms with Gasteiger partial charge in [-0.3, -0.25) is 14.5 Å². The molecule has 0 atom stereocenters. The summed E-state index contributed by atoms with van der Waals surface area (Å²) < 4.78 is 7.26. The molecule has 0 saturated carbocycles. The minimum absolute atomic E-state index is 0.437. The molecule has 1 aromatic heterocycles. The lowest BCUT2D eigenvalue weighted by atomic mass is 10.1. The second-order valence-electron chi connectivity index (χ2n) is 5.19. The minimum atomic E-state index is 0.437. The van der Waals surface area contributed by atoms with Crippen molar-refractivity contribution in [1.82, 2.24) is 19.6 Å². The van der Waals surface area contributed by atoms with Crippen LogP contribution in [0.15, 0.2) is 12.4 Å². The fourth-order valence-electron chi connectivity index (χ4n) is 2.60. The van der Waals surface area contributed by atoms with Crippen molar-refractivity contribution in [3.8, 4) is 6.07 Å². The third-order valence-corrected chi connectivity index (χ3v) is 3.88. The van der Waals surface area contributed by atoms with Crippen LogP contribution in [0.25, 0.3) is 0 Å². The average Bonchev–Trinajstić information content (AvgIpc) is 2.87. The van der Waals surface area contributed by atoms with Crippen LogP contribution in [0.1, 0.15) is 11.6 Å². The molecule has 0 amide bonds. The number of hydrogen-bond acceptors (Lipinski definition) is 5. The Labute approximate surface area is 113 Å². The van der Waals surface area contributed by atoms with E-state index >= 15 is 0 Å². The van der Waals surface area contributed by atoms with E-state index in [4.69, 9.17) is 10.00 Å². The van der Waals surface area contributed by atoms with Crippen molar-refractivity contribution in [1.29, 1.82) is 5.26 Å². The van der Waals surface area contributed by atoms with Gasteiger partial charge in [0.15, 0.2) is 0 Å². The van der Waals surface area contributed by atoms with Crippen LogP contribution in [-0.4, -0.2) is 72.1 Å². The van der Waals surface area contributed by atoms with Gasteiger partial charge in [-0.05, 0) is 0 Å². The quantitative estimate of drug-likeness (QED) is 0.760. The predicted octanol–water partition coefficient (Wildman–Crippen LogP) is -0.0563. The minimum Gasteiger partial charge on any atom is -0.379 e. The fourth-order valence-corrected chi connectivity index (χ4v) is 2.60. The van der Waals surface area contributed by atoms with Crippen molar-refractivity contribution < 1.29 is 4.74 Å². The molecule has 0 aliphatic carbocycles. The first kappa shape index (κ1) is 12.6. The van der Waals surface area contributed by atoms with E-state index in [0.29, 0.717) is 11.6 Å². The number of aromatic nitrogens is 2. The van der Waals surface area contributed by atoms with Gasteiger partial charge in [-0.1, -0.05) is 0 Å². The number of ether oxygens (including phenoxy) is 1. The molecule has 19 heavy (non-hydrogen) atoms. The zero-order valence-corrected chi connectivity index (χ0v) is 11.0. The Kier molecular flexibility index (Phi) is 3.78. The Morgan fingerprint density at radius 3 is 2.68 bits per heavy atom. The van der Waals surface area contributed by atoms with Crippen molar-refractivity contribution in [2.45, 2.75) is 6.04 Å². The Balaban J connectivity index is 1.39. The average molecular weight is 261 g/mol. The Bertz CT molecular complexity index is 454. The van der Waals surface area contributed by atoms with Crippen LogP contribution in [0.2, 0.25) is 0 Å². The van der Waals surface area contributed by atoms with E-state index in [1.165, 1.54) is 0 Å². The second kappa shape index (κ2) is 5.70. The number of rotatable bonds is 4. The summed E-state index contributed by atoms with van der Waals surface area (Å²) in [6.07, 6.45) is 3.47. The predicted molar refractivity (Wildman–Crippen MR) is 69.7 cm³/mol. The van der Waals surface area contributed by atoms with Gasteiger partial charge in [-0.2, -0.15) is 10.4 Å². The molecule has 2 fully saturated rings. The molecule has 0 radical (unpaired) electrons. The van der Waals surface area contributed by atoms with Gasteiger partial charge in [0, 0.05) is 45.5 Å². The summed E-state index contributed by atoms with van der Waals surface area (Å²) in [5.74, 6) is 0. The van der Waals surface area contributed by atoms with Crippen molar-refractivity contribution in [3.05, 3.63) is 18.0 Å². The topological polar surface area (TPSA) is 57.3 Å². The summed E-state index contributed by atoms with van der Waals surface area (Å²) in [7, 11) is 0. The van der Waals surface area contributed by atoms with Gasteiger partial charge < -0.3 is 4.74 Å². The lowest BCUT2D eigenvalue weighted by molar-refractivity contribution is 0.0228. The molecule has 0 unspecified atom stereocenters. The lowest BCUT2D eigenvalue weighted by Gasteiger charge is -2.40. The van der Waals surface area contributed by atoms with Gasteiger partial charge >= 0.3 is 0 Å². The molecule has 0 N–H and O–H groups in total. The number of nitriles is 1. The molecule has 102 valence electrons. The molecule has 2 aliphatic rings. The molecule has 1 aromatic rings. The van der Waals surface area contributed by atoms with Crippen LogP contribution < -0.4 is 0 Å². The molecule has 2 aliphatic heterocycles. The molecule has 0 bridgehead atoms. The molecule has 3 rings (SSSR count). The zero-order chi connectivity index (χ0) is 13.1. The van der Waals surface area contributed by atoms with Crippen molar-refractivity contribution in [2.24, 2.45) is 0 Å². The van der Waals surface area contributed by atoms with Gasteiger partial charge in [-0.15, -0.1) is 0 Å². The van der Waals surface area contributed by atoms with Crippen LogP contribution in [0.4, 0.5) is 0 Å². The van der Waals surface area contributed by atoms with Gasteiger partial charge in [0.2, 0.25) is 0 Å². The van der Waals surface area contributed by atoms with E-state index in [1.807, 2.05) is 10.9 Å². The van der Waals surface area contributed by atoms with Gasteiger partial charge in [0.1, 0.15) is 6.07 Å². The highest BCUT2D eigenvalue weighted by atomic mass is 16.5. The van der Waals surface area contributed by atoms with E-state index < -0.39 is 0 Å². The number of nitrogens with zero attached hydrogens (tertiary/aromatic N) is 5. The van der Waals surface area contributed by atoms with Crippen LogP contribution in [-0.2, 0) is 4.74 Å². The third kappa shape index (κ3) is 2.95. The normalized spacial score (nSPS) is 22.1. The molecular weight excluding hydrogens is 242 g/mol. The van der Waals surface area contributed by atoms with Gasteiger partial charge in [-0.25, -0.2) is 0 Å². The summed E-state index contributed by atoms with van der Waals surface area (Å²) in [6, 6.07) is 2.55. The fraction of sp³-hybridized carbons (Fsp3) is 0.692. The monoisotopic (exact) mass is 261 g/mol. The second-order valence-corrected chi connectivity index (χ2v) is 5.19. The number of morpholine rings is 1. The number of likely N-dealkylation sites (tertiary alicyclic amines) is 1. The van der Waals surface area contributed by atoms with E-state index in [0.717, 1.165) is 52.5 Å². The number of hydrogen-bond donors (Lipinski definition) is 0. The summed E-state index contributed by atoms with van der Waals surface area (Å²) >= 11 is 0. The first-order valence-electron chi connectivity index (χ1n) is 6.82. The molecule has 6 heteroatoms. The first-order chi connectivity index (χ1) is 9.35. The van der Waals surface area contributed by atoms with E-state index in [9.17, 15) is 0 Å². The SMILES string of the molecule is N#Cc1cnn(C2CN(CCN3CCOCC3)C2)c1. The van der Waals surface area contributed by atoms with Gasteiger partial charge in [0.05, 0.1) is 31.0 Å². The Morgan fingerprint density at radius 2 is 2.00 bits per heavy atom. The maximum atomic E-state index is 8.77. The zero-order valence-electron chi connectivity index (χ0n) is 11.0. The Morgan fingerprint density at radius 1 is 1.26 bits per heavy atom. The Hall–Kier alpha value is -1.42. The summed E-state index contributed by atoms with van der Waals surface area (Å²) in [4.78, 5) is 4.90. The van der Waals surface area contributed by atoms with E-state index in [-0.39, 0.29) is 0 Å². The third-order valence-electron chi connectivity index (χ3n) is 3.88. The maximum absolute atomic E-state index is 8.77. The van der Waals surface area contributed by atoms with Crippen LogP contribution in [0.5, 0.6) is 0 Å². The smallest absolute Gasteiger partial charge is 0.102 e. The van der Waals surface area contributed by atoms with E-state index in [1.54, 1.807) is 6.20 Å². The molecule has 2 saturated heterocycles. The summed E-state index contributed by atoms with van der Waals surface area (Å²) in [5.41, 5.74) is 0.645. The molecular formula is C13H19N5O. The van der Waals surface area contributed by atoms with Crippen molar-refractivity contribution in [3.63, 3.8) is 0 Å². The highest BCUT2D eigenvalue weighted by molar-refractivity contribution is 5.22. The van der Waals surface area contributed by atoms with Crippen molar-refractivity contribution in [2.75, 3.05) is 52.5 Å². The van der Waals surface area contributed by atoms with Crippen LogP contribution >= 0.6 is 0 Å². The highest BCUT2D eigenvalue weighted by Crippen LogP contribution is 2.20. The highest BCUT2D eigenvalue weighted by Gasteiger charge is 2.28. The van der Waals surface area contributed by atoms with Crippen LogP contribution in [0.3, 0.4) is 0 Å². The molecule has 0 aromatic carbocycles. The standard InChI is InChI=1S/C13H19N5O/c14-7-12-8-15-18(9-12)13-10-17(11-13)2-1-16-3-5-19-6-4-16/h8-9,13H,1-6,10-11H2. The molecule has 0 spiro atoms. The molecule has 6 nitrogen and oxygen atoms in total. The molecule has 3 heterocycles. The van der Waals surface area contributed by atoms with Gasteiger partial charge in [0.25, 0.3) is 0 Å². The lowest BCUT2D eigenvalue weighted by Crippen LogP contribution is -2.51. The maximum Gasteiger partial charge on any atom is 0.102 e. The van der Waals surface area contributed by atoms with Crippen LogP contribution in [0, 0.1) is 11.3 Å². The van der Waals surface area contributed by atoms with E-state index in [2.05, 4.69) is 21.0 Å².